The summed E-state index contributed by atoms with van der Waals surface area (Å²) in [5, 5.41) is 16.0. The van der Waals surface area contributed by atoms with Gasteiger partial charge >= 0.3 is 0 Å². The van der Waals surface area contributed by atoms with Crippen LogP contribution in [0, 0.1) is 18.8 Å². The van der Waals surface area contributed by atoms with Crippen LogP contribution in [0.5, 0.6) is 11.5 Å². The SMILES string of the molecule is CCn1cc(C(=O)N[C@H]2Cc3ccc(cc3)OC[C@H](CC(C)C)NC(=O)CN(CC3CC3)C(=O)[C@@H](C)NC(=O)[C@H](Cc3ccc(OC)cc3)NC2=O)c(C)n1. The van der Waals surface area contributed by atoms with E-state index in [0.717, 1.165) is 24.0 Å². The maximum absolute atomic E-state index is 14.3. The topological polar surface area (TPSA) is 173 Å². The molecule has 0 radical (unpaired) electrons. The smallest absolute Gasteiger partial charge is 0.255 e. The Bertz CT molecular complexity index is 1800. The van der Waals surface area contributed by atoms with E-state index < -0.39 is 41.8 Å². The minimum Gasteiger partial charge on any atom is -0.497 e. The van der Waals surface area contributed by atoms with Crippen LogP contribution in [0.2, 0.25) is 0 Å². The van der Waals surface area contributed by atoms with E-state index in [-0.39, 0.29) is 49.8 Å². The lowest BCUT2D eigenvalue weighted by Crippen LogP contribution is -2.58. The normalized spacial score (nSPS) is 21.7. The van der Waals surface area contributed by atoms with Crippen LogP contribution in [0.1, 0.15) is 74.1 Å². The van der Waals surface area contributed by atoms with Crippen LogP contribution in [0.4, 0.5) is 0 Å². The fourth-order valence-corrected chi connectivity index (χ4v) is 6.66. The van der Waals surface area contributed by atoms with Gasteiger partial charge in [-0.3, -0.25) is 28.7 Å². The number of methoxy groups -OCH3 is 1. The Morgan fingerprint density at radius 2 is 1.71 bits per heavy atom. The number of aryl methyl sites for hydroxylation is 2. The van der Waals surface area contributed by atoms with Gasteiger partial charge in [0.05, 0.1) is 31.0 Å². The molecule has 0 unspecified atom stereocenters. The van der Waals surface area contributed by atoms with Crippen molar-refractivity contribution in [2.75, 3.05) is 26.8 Å². The van der Waals surface area contributed by atoms with Gasteiger partial charge in [-0.15, -0.1) is 0 Å². The van der Waals surface area contributed by atoms with Crippen molar-refractivity contribution in [3.05, 3.63) is 77.1 Å². The van der Waals surface area contributed by atoms with E-state index in [2.05, 4.69) is 40.2 Å². The third-order valence-electron chi connectivity index (χ3n) is 9.85. The maximum atomic E-state index is 14.3. The number of ether oxygens (including phenoxy) is 2. The van der Waals surface area contributed by atoms with Crippen LogP contribution in [0.3, 0.4) is 0 Å². The number of carbonyl (C=O) groups excluding carboxylic acids is 5. The molecule has 2 bridgehead atoms. The average Bonchev–Trinajstić information content (AvgIpc) is 3.90. The zero-order chi connectivity index (χ0) is 39.6. The summed E-state index contributed by atoms with van der Waals surface area (Å²) in [6, 6.07) is 10.8. The third kappa shape index (κ3) is 11.8. The van der Waals surface area contributed by atoms with Gasteiger partial charge in [0, 0.05) is 32.1 Å². The summed E-state index contributed by atoms with van der Waals surface area (Å²) < 4.78 is 13.1. The van der Waals surface area contributed by atoms with Crippen molar-refractivity contribution in [3.8, 4) is 11.5 Å². The Kier molecular flexibility index (Phi) is 13.9. The van der Waals surface area contributed by atoms with E-state index in [1.54, 1.807) is 68.2 Å². The number of amides is 5. The quantitative estimate of drug-likeness (QED) is 0.229. The zero-order valence-corrected chi connectivity index (χ0v) is 32.7. The molecular weight excluding hydrogens is 702 g/mol. The number of aromatic nitrogens is 2. The molecule has 2 aliphatic heterocycles. The molecule has 5 amide bonds. The number of carbonyl (C=O) groups is 5. The number of nitrogens with zero attached hydrogens (tertiary/aromatic N) is 3. The molecule has 0 spiro atoms. The molecule has 6 rings (SSSR count). The average molecular weight is 758 g/mol. The third-order valence-corrected chi connectivity index (χ3v) is 9.85. The first-order valence-corrected chi connectivity index (χ1v) is 19.2. The largest absolute Gasteiger partial charge is 0.497 e. The summed E-state index contributed by atoms with van der Waals surface area (Å²) in [4.78, 5) is 70.8. The summed E-state index contributed by atoms with van der Waals surface area (Å²) in [5.41, 5.74) is 2.33. The lowest BCUT2D eigenvalue weighted by Gasteiger charge is -2.29. The molecular formula is C41H55N7O7. The van der Waals surface area contributed by atoms with Gasteiger partial charge in [0.25, 0.3) is 5.91 Å². The van der Waals surface area contributed by atoms with Crippen molar-refractivity contribution in [3.63, 3.8) is 0 Å². The molecule has 14 nitrogen and oxygen atoms in total. The van der Waals surface area contributed by atoms with Gasteiger partial charge in [0.2, 0.25) is 23.6 Å². The summed E-state index contributed by atoms with van der Waals surface area (Å²) in [6.07, 6.45) is 4.41. The van der Waals surface area contributed by atoms with Gasteiger partial charge in [-0.1, -0.05) is 38.1 Å². The first-order chi connectivity index (χ1) is 26.3. The number of rotatable bonds is 10. The molecule has 0 saturated heterocycles. The number of benzene rings is 2. The van der Waals surface area contributed by atoms with Crippen LogP contribution in [-0.2, 0) is 38.6 Å². The molecule has 55 heavy (non-hydrogen) atoms. The number of fused-ring (bicyclic) bond motifs is 17. The van der Waals surface area contributed by atoms with Crippen LogP contribution < -0.4 is 30.7 Å². The molecule has 3 heterocycles. The standard InChI is InChI=1S/C41H55N7O7/c1-7-48-22-34(26(4)46-48)38(50)44-36-20-29-12-16-33(17-13-29)55-24-31(18-25(2)3)43-37(49)23-47(21-30-8-9-30)41(53)27(5)42-39(51)35(45-40(36)52)19-28-10-14-32(54-6)15-11-28/h10-17,22,25,27,30-31,35-36H,7-9,18-21,23-24H2,1-6H3,(H,42,51)(H,43,49)(H,44,50)(H,45,52)/t27-,31+,35+,36+/m1/s1. The zero-order valence-electron chi connectivity index (χ0n) is 32.7. The summed E-state index contributed by atoms with van der Waals surface area (Å²) in [6.45, 7) is 10.4. The van der Waals surface area contributed by atoms with Crippen molar-refractivity contribution >= 4 is 29.5 Å². The molecule has 3 aliphatic rings. The Balaban J connectivity index is 1.48. The van der Waals surface area contributed by atoms with Crippen molar-refractivity contribution in [2.45, 2.75) is 97.4 Å². The molecule has 14 heteroatoms. The first-order valence-electron chi connectivity index (χ1n) is 19.2. The van der Waals surface area contributed by atoms with Crippen LogP contribution in [0.15, 0.2) is 54.7 Å². The highest BCUT2D eigenvalue weighted by Gasteiger charge is 2.34. The predicted octanol–water partition coefficient (Wildman–Crippen LogP) is 2.96. The summed E-state index contributed by atoms with van der Waals surface area (Å²) in [7, 11) is 1.56. The van der Waals surface area contributed by atoms with Gasteiger partial charge in [0.15, 0.2) is 0 Å². The van der Waals surface area contributed by atoms with E-state index in [9.17, 15) is 24.0 Å². The Morgan fingerprint density at radius 1 is 1.00 bits per heavy atom. The van der Waals surface area contributed by atoms with E-state index >= 15 is 0 Å². The minimum absolute atomic E-state index is 0.0863. The fourth-order valence-electron chi connectivity index (χ4n) is 6.66. The highest BCUT2D eigenvalue weighted by molar-refractivity contribution is 5.99. The van der Waals surface area contributed by atoms with Crippen molar-refractivity contribution in [1.29, 1.82) is 0 Å². The second kappa shape index (κ2) is 18.8. The molecule has 4 N–H and O–H groups in total. The van der Waals surface area contributed by atoms with Gasteiger partial charge in [-0.05, 0) is 87.3 Å². The molecule has 1 saturated carbocycles. The molecule has 1 fully saturated rings. The predicted molar refractivity (Wildman–Crippen MR) is 206 cm³/mol. The molecule has 1 aliphatic carbocycles. The van der Waals surface area contributed by atoms with Crippen molar-refractivity contribution in [2.24, 2.45) is 11.8 Å². The van der Waals surface area contributed by atoms with Crippen LogP contribution >= 0.6 is 0 Å². The first kappa shape index (κ1) is 40.8. The number of hydrogen-bond acceptors (Lipinski definition) is 8. The molecule has 296 valence electrons. The Labute approximate surface area is 323 Å². The Hall–Kier alpha value is -5.40. The van der Waals surface area contributed by atoms with Gasteiger partial charge in [-0.2, -0.15) is 5.10 Å². The fraction of sp³-hybridized carbons (Fsp3) is 0.512. The lowest BCUT2D eigenvalue weighted by atomic mass is 10.0. The molecule has 2 aromatic carbocycles. The maximum Gasteiger partial charge on any atom is 0.255 e. The highest BCUT2D eigenvalue weighted by Crippen LogP contribution is 2.30. The van der Waals surface area contributed by atoms with Crippen LogP contribution in [0.25, 0.3) is 0 Å². The van der Waals surface area contributed by atoms with Crippen LogP contribution in [-0.4, -0.2) is 95.2 Å². The summed E-state index contributed by atoms with van der Waals surface area (Å²) >= 11 is 0. The van der Waals surface area contributed by atoms with Gasteiger partial charge in [-0.25, -0.2) is 0 Å². The molecule has 4 atom stereocenters. The van der Waals surface area contributed by atoms with Crippen molar-refractivity contribution < 1.29 is 33.4 Å². The van der Waals surface area contributed by atoms with E-state index in [0.29, 0.717) is 42.3 Å². The lowest BCUT2D eigenvalue weighted by molar-refractivity contribution is -0.140. The summed E-state index contributed by atoms with van der Waals surface area (Å²) in [5.74, 6) is -0.587. The molecule has 3 aromatic rings. The minimum atomic E-state index is -1.13. The van der Waals surface area contributed by atoms with E-state index in [4.69, 9.17) is 9.47 Å². The highest BCUT2D eigenvalue weighted by atomic mass is 16.5. The van der Waals surface area contributed by atoms with Crippen molar-refractivity contribution in [1.82, 2.24) is 35.9 Å². The molecule has 1 aromatic heterocycles. The number of hydrogen-bond donors (Lipinski definition) is 4. The Morgan fingerprint density at radius 3 is 2.33 bits per heavy atom. The second-order valence-electron chi connectivity index (χ2n) is 15.1. The van der Waals surface area contributed by atoms with E-state index in [1.807, 2.05) is 19.1 Å². The number of nitrogens with one attached hydrogen (secondary N) is 4. The van der Waals surface area contributed by atoms with Gasteiger partial charge < -0.3 is 35.6 Å². The van der Waals surface area contributed by atoms with Gasteiger partial charge in [0.1, 0.15) is 36.2 Å². The monoisotopic (exact) mass is 757 g/mol. The second-order valence-corrected chi connectivity index (χ2v) is 15.1. The van der Waals surface area contributed by atoms with E-state index in [1.165, 1.54) is 4.90 Å².